The van der Waals surface area contributed by atoms with Crippen molar-refractivity contribution in [3.05, 3.63) is 16.6 Å². The van der Waals surface area contributed by atoms with E-state index in [1.54, 1.807) is 6.20 Å². The fourth-order valence-corrected chi connectivity index (χ4v) is 3.62. The molecule has 3 rings (SSSR count). The van der Waals surface area contributed by atoms with Crippen molar-refractivity contribution < 1.29 is 0 Å². The molecule has 2 aliphatic rings. The predicted molar refractivity (Wildman–Crippen MR) is 76.2 cm³/mol. The molecule has 1 aliphatic heterocycles. The van der Waals surface area contributed by atoms with Crippen molar-refractivity contribution in [1.29, 1.82) is 0 Å². The molecule has 18 heavy (non-hydrogen) atoms. The van der Waals surface area contributed by atoms with Crippen LogP contribution in [0, 0.1) is 5.41 Å². The Bertz CT molecular complexity index is 512. The minimum Gasteiger partial charge on any atom is -0.351 e. The summed E-state index contributed by atoms with van der Waals surface area (Å²) in [6.07, 6.45) is 5.01. The number of rotatable bonds is 2. The summed E-state index contributed by atoms with van der Waals surface area (Å²) in [6.45, 7) is 1.81. The van der Waals surface area contributed by atoms with Crippen LogP contribution in [0.25, 0.3) is 0 Å². The Hall–Kier alpha value is -0.660. The van der Waals surface area contributed by atoms with Gasteiger partial charge in [0.25, 0.3) is 5.56 Å². The summed E-state index contributed by atoms with van der Waals surface area (Å²) in [4.78, 5) is 20.9. The molecule has 3 N–H and O–H groups in total. The molecule has 1 atom stereocenters. The molecule has 98 valence electrons. The topological polar surface area (TPSA) is 75.0 Å². The average molecular weight is 284 g/mol. The highest BCUT2D eigenvalue weighted by Gasteiger charge is 2.48. The van der Waals surface area contributed by atoms with Crippen LogP contribution in [0.5, 0.6) is 0 Å². The van der Waals surface area contributed by atoms with E-state index in [1.165, 1.54) is 17.2 Å². The lowest BCUT2D eigenvalue weighted by molar-refractivity contribution is 0.217. The second-order valence-corrected chi connectivity index (χ2v) is 6.52. The quantitative estimate of drug-likeness (QED) is 0.558. The van der Waals surface area contributed by atoms with Crippen molar-refractivity contribution in [3.8, 4) is 0 Å². The Morgan fingerprint density at radius 3 is 2.94 bits per heavy atom. The van der Waals surface area contributed by atoms with Crippen molar-refractivity contribution in [2.24, 2.45) is 11.1 Å². The highest BCUT2D eigenvalue weighted by Crippen LogP contribution is 2.45. The summed E-state index contributed by atoms with van der Waals surface area (Å²) in [5.41, 5.74) is 6.16. The highest BCUT2D eigenvalue weighted by atomic mass is 33.1. The van der Waals surface area contributed by atoms with Crippen LogP contribution >= 0.6 is 22.5 Å². The van der Waals surface area contributed by atoms with E-state index in [9.17, 15) is 4.79 Å². The first-order chi connectivity index (χ1) is 8.62. The van der Waals surface area contributed by atoms with Gasteiger partial charge in [-0.1, -0.05) is 0 Å². The van der Waals surface area contributed by atoms with Crippen LogP contribution in [0.3, 0.4) is 0 Å². The van der Waals surface area contributed by atoms with Crippen molar-refractivity contribution in [3.63, 3.8) is 0 Å². The summed E-state index contributed by atoms with van der Waals surface area (Å²) < 4.78 is 0. The van der Waals surface area contributed by atoms with Crippen molar-refractivity contribution in [2.45, 2.75) is 30.3 Å². The Balaban J connectivity index is 1.73. The first-order valence-electron chi connectivity index (χ1n) is 6.03. The van der Waals surface area contributed by atoms with Crippen molar-refractivity contribution in [2.75, 3.05) is 18.0 Å². The van der Waals surface area contributed by atoms with E-state index in [0.717, 1.165) is 25.9 Å². The molecule has 1 aromatic heterocycles. The normalized spacial score (nSPS) is 25.4. The van der Waals surface area contributed by atoms with Gasteiger partial charge in [0.1, 0.15) is 5.03 Å². The first kappa shape index (κ1) is 12.4. The van der Waals surface area contributed by atoms with Gasteiger partial charge in [-0.25, -0.2) is 4.98 Å². The molecule has 2 heterocycles. The molecule has 1 saturated heterocycles. The van der Waals surface area contributed by atoms with E-state index in [1.807, 2.05) is 4.90 Å². The molecule has 0 bridgehead atoms. The van der Waals surface area contributed by atoms with Gasteiger partial charge in [-0.15, -0.1) is 11.7 Å². The van der Waals surface area contributed by atoms with Crippen LogP contribution in [0.2, 0.25) is 0 Å². The zero-order valence-corrected chi connectivity index (χ0v) is 11.6. The third-order valence-corrected chi connectivity index (χ3v) is 4.93. The molecule has 0 unspecified atom stereocenters. The fraction of sp³-hybridized carbons (Fsp3) is 0.636. The molecule has 5 nitrogen and oxygen atoms in total. The third-order valence-electron chi connectivity index (χ3n) is 3.93. The second kappa shape index (κ2) is 4.47. The zero-order valence-electron chi connectivity index (χ0n) is 9.93. The SMILES string of the molecule is N[C@H]1CCC2(C1)CN(c1ncc(SS)[nH]c1=O)C2. The van der Waals surface area contributed by atoms with Crippen LogP contribution in [0.1, 0.15) is 19.3 Å². The molecule has 2 fully saturated rings. The molecule has 1 aliphatic carbocycles. The van der Waals surface area contributed by atoms with Gasteiger partial charge in [-0.3, -0.25) is 4.79 Å². The van der Waals surface area contributed by atoms with Gasteiger partial charge < -0.3 is 15.6 Å². The van der Waals surface area contributed by atoms with E-state index in [2.05, 4.69) is 21.6 Å². The van der Waals surface area contributed by atoms with Gasteiger partial charge in [-0.05, 0) is 30.1 Å². The van der Waals surface area contributed by atoms with Gasteiger partial charge in [0.15, 0.2) is 5.82 Å². The lowest BCUT2D eigenvalue weighted by atomic mass is 9.78. The predicted octanol–water partition coefficient (Wildman–Crippen LogP) is 1.02. The highest BCUT2D eigenvalue weighted by molar-refractivity contribution is 8.68. The number of aromatic nitrogens is 2. The minimum absolute atomic E-state index is 0.133. The van der Waals surface area contributed by atoms with E-state index in [0.29, 0.717) is 22.3 Å². The standard InChI is InChI=1S/C11H16N4OS2/c12-7-1-2-11(3-7)5-15(6-11)9-10(16)14-8(18-17)4-13-9/h4,7,17H,1-3,5-6,12H2,(H,14,16)/t7-/m0/s1. The first-order valence-corrected chi connectivity index (χ1v) is 7.90. The second-order valence-electron chi connectivity index (χ2n) is 5.35. The summed E-state index contributed by atoms with van der Waals surface area (Å²) in [5, 5.41) is 0.671. The molecular formula is C11H16N4OS2. The largest absolute Gasteiger partial charge is 0.351 e. The Labute approximate surface area is 114 Å². The number of thiol groups is 1. The molecule has 1 spiro atoms. The van der Waals surface area contributed by atoms with Crippen LogP contribution in [0.15, 0.2) is 16.0 Å². The van der Waals surface area contributed by atoms with Gasteiger partial charge in [-0.2, -0.15) is 0 Å². The fourth-order valence-electron chi connectivity index (χ4n) is 3.10. The molecule has 0 aromatic carbocycles. The average Bonchev–Trinajstić information content (AvgIpc) is 2.70. The van der Waals surface area contributed by atoms with Crippen LogP contribution in [-0.2, 0) is 0 Å². The van der Waals surface area contributed by atoms with E-state index < -0.39 is 0 Å². The number of nitrogens with zero attached hydrogens (tertiary/aromatic N) is 2. The number of nitrogens with one attached hydrogen (secondary N) is 1. The van der Waals surface area contributed by atoms with E-state index in [-0.39, 0.29) is 5.56 Å². The van der Waals surface area contributed by atoms with E-state index in [4.69, 9.17) is 5.73 Å². The Kier molecular flexibility index (Phi) is 3.07. The maximum atomic E-state index is 11.9. The molecule has 7 heteroatoms. The minimum atomic E-state index is -0.133. The Morgan fingerprint density at radius 2 is 2.39 bits per heavy atom. The molecule has 1 saturated carbocycles. The van der Waals surface area contributed by atoms with E-state index >= 15 is 0 Å². The summed E-state index contributed by atoms with van der Waals surface area (Å²) >= 11 is 4.04. The number of anilines is 1. The lowest BCUT2D eigenvalue weighted by Crippen LogP contribution is -2.57. The van der Waals surface area contributed by atoms with Gasteiger partial charge in [0, 0.05) is 24.5 Å². The van der Waals surface area contributed by atoms with Crippen molar-refractivity contribution >= 4 is 28.3 Å². The molecular weight excluding hydrogens is 268 g/mol. The van der Waals surface area contributed by atoms with Gasteiger partial charge in [0.05, 0.1) is 6.20 Å². The Morgan fingerprint density at radius 1 is 1.61 bits per heavy atom. The molecule has 1 aromatic rings. The van der Waals surface area contributed by atoms with Crippen molar-refractivity contribution in [1.82, 2.24) is 9.97 Å². The number of nitrogens with two attached hydrogens (primary N) is 1. The lowest BCUT2D eigenvalue weighted by Gasteiger charge is -2.48. The summed E-state index contributed by atoms with van der Waals surface area (Å²) in [5.74, 6) is 0.521. The third kappa shape index (κ3) is 2.04. The number of hydrogen-bond acceptors (Lipinski definition) is 6. The van der Waals surface area contributed by atoms with Gasteiger partial charge >= 0.3 is 0 Å². The number of aromatic amines is 1. The van der Waals surface area contributed by atoms with Crippen LogP contribution < -0.4 is 16.2 Å². The maximum Gasteiger partial charge on any atom is 0.291 e. The van der Waals surface area contributed by atoms with Crippen LogP contribution in [0.4, 0.5) is 5.82 Å². The number of hydrogen-bond donors (Lipinski definition) is 3. The number of H-pyrrole nitrogens is 1. The van der Waals surface area contributed by atoms with Crippen LogP contribution in [-0.4, -0.2) is 29.1 Å². The summed E-state index contributed by atoms with van der Waals surface area (Å²) in [6, 6.07) is 0.335. The molecule has 0 radical (unpaired) electrons. The molecule has 0 amide bonds. The smallest absolute Gasteiger partial charge is 0.291 e. The summed E-state index contributed by atoms with van der Waals surface area (Å²) in [7, 11) is 1.19. The van der Waals surface area contributed by atoms with Gasteiger partial charge in [0.2, 0.25) is 0 Å². The zero-order chi connectivity index (χ0) is 12.8. The maximum absolute atomic E-state index is 11.9. The monoisotopic (exact) mass is 284 g/mol.